The molecule has 4 nitrogen and oxygen atoms in total. The second-order valence-electron chi connectivity index (χ2n) is 2.18. The highest BCUT2D eigenvalue weighted by Crippen LogP contribution is 2.47. The number of rotatable bonds is 4. The molecule has 0 saturated heterocycles. The maximum atomic E-state index is 11.4. The van der Waals surface area contributed by atoms with E-state index >= 15 is 0 Å². The van der Waals surface area contributed by atoms with Crippen molar-refractivity contribution < 1.29 is 9.09 Å². The largest absolute Gasteiger partial charge is 0.370 e. The van der Waals surface area contributed by atoms with Gasteiger partial charge in [-0.05, 0) is 13.5 Å². The molecule has 0 aromatic rings. The predicted octanol–water partition coefficient (Wildman–Crippen LogP) is 1.65. The lowest BCUT2D eigenvalue weighted by Gasteiger charge is -2.18. The summed E-state index contributed by atoms with van der Waals surface area (Å²) in [6, 6.07) is 0. The van der Waals surface area contributed by atoms with Gasteiger partial charge < -0.3 is 4.52 Å². The molecule has 0 spiro atoms. The third-order valence-electron chi connectivity index (χ3n) is 1.37. The molecule has 0 aliphatic carbocycles. The van der Waals surface area contributed by atoms with Gasteiger partial charge in [0, 0.05) is 13.7 Å². The minimum atomic E-state index is -3.15. The molecule has 0 aliphatic rings. The monoisotopic (exact) mass is 176 g/mol. The second kappa shape index (κ2) is 4.50. The van der Waals surface area contributed by atoms with Crippen molar-refractivity contribution in [3.63, 3.8) is 0 Å². The minimum Gasteiger partial charge on any atom is -0.310 e. The standard InChI is InChI=1S/C6H13N2O2P/c1-4-5-8(2)11(9,6-7)10-3/h4-5H2,1-3H3. The molecule has 0 rings (SSSR count). The zero-order valence-corrected chi connectivity index (χ0v) is 7.97. The van der Waals surface area contributed by atoms with Crippen LogP contribution >= 0.6 is 7.52 Å². The van der Waals surface area contributed by atoms with Gasteiger partial charge in [-0.2, -0.15) is 5.26 Å². The summed E-state index contributed by atoms with van der Waals surface area (Å²) in [6.07, 6.45) is 0.853. The first kappa shape index (κ1) is 10.6. The third-order valence-corrected chi connectivity index (χ3v) is 3.22. The van der Waals surface area contributed by atoms with E-state index < -0.39 is 7.52 Å². The van der Waals surface area contributed by atoms with Crippen LogP contribution in [-0.2, 0) is 9.09 Å². The molecule has 0 fully saturated rings. The molecule has 1 atom stereocenters. The lowest BCUT2D eigenvalue weighted by molar-refractivity contribution is 0.338. The molecule has 0 heterocycles. The van der Waals surface area contributed by atoms with Crippen LogP contribution in [0.1, 0.15) is 13.3 Å². The highest BCUT2D eigenvalue weighted by Gasteiger charge is 2.26. The van der Waals surface area contributed by atoms with Crippen LogP contribution < -0.4 is 0 Å². The average molecular weight is 176 g/mol. The topological polar surface area (TPSA) is 53.3 Å². The quantitative estimate of drug-likeness (QED) is 0.611. The van der Waals surface area contributed by atoms with Crippen LogP contribution in [0.2, 0.25) is 0 Å². The Morgan fingerprint density at radius 1 is 1.73 bits per heavy atom. The predicted molar refractivity (Wildman–Crippen MR) is 43.1 cm³/mol. The zero-order chi connectivity index (χ0) is 8.91. The van der Waals surface area contributed by atoms with Gasteiger partial charge >= 0.3 is 7.52 Å². The van der Waals surface area contributed by atoms with Gasteiger partial charge in [-0.25, -0.2) is 4.67 Å². The van der Waals surface area contributed by atoms with Crippen LogP contribution in [-0.4, -0.2) is 25.4 Å². The van der Waals surface area contributed by atoms with E-state index in [0.717, 1.165) is 6.42 Å². The van der Waals surface area contributed by atoms with Gasteiger partial charge in [0.2, 0.25) is 0 Å². The first-order valence-corrected chi connectivity index (χ1v) is 4.97. The van der Waals surface area contributed by atoms with Crippen molar-refractivity contribution in [1.82, 2.24) is 4.67 Å². The Kier molecular flexibility index (Phi) is 4.36. The van der Waals surface area contributed by atoms with Crippen LogP contribution in [0.4, 0.5) is 0 Å². The Morgan fingerprint density at radius 3 is 2.55 bits per heavy atom. The Labute approximate surface area is 67.3 Å². The summed E-state index contributed by atoms with van der Waals surface area (Å²) in [4.78, 5) is 0. The van der Waals surface area contributed by atoms with E-state index in [4.69, 9.17) is 5.26 Å². The second-order valence-corrected chi connectivity index (χ2v) is 4.47. The van der Waals surface area contributed by atoms with E-state index in [1.165, 1.54) is 11.8 Å². The van der Waals surface area contributed by atoms with Gasteiger partial charge in [0.25, 0.3) is 0 Å². The number of hydrogen-bond acceptors (Lipinski definition) is 3. The highest BCUT2D eigenvalue weighted by molar-refractivity contribution is 7.61. The first-order valence-electron chi connectivity index (χ1n) is 3.39. The SMILES string of the molecule is CCCN(C)P(=O)(C#N)OC. The molecule has 0 radical (unpaired) electrons. The first-order chi connectivity index (χ1) is 5.10. The van der Waals surface area contributed by atoms with Gasteiger partial charge in [0.15, 0.2) is 5.81 Å². The third kappa shape index (κ3) is 2.63. The van der Waals surface area contributed by atoms with Crippen LogP contribution in [0.5, 0.6) is 0 Å². The highest BCUT2D eigenvalue weighted by atomic mass is 31.2. The maximum Gasteiger partial charge on any atom is 0.370 e. The van der Waals surface area contributed by atoms with Crippen molar-refractivity contribution in [3.8, 4) is 5.81 Å². The minimum absolute atomic E-state index is 0.610. The Hall–Kier alpha value is -0.360. The van der Waals surface area contributed by atoms with Crippen molar-refractivity contribution in [2.75, 3.05) is 20.7 Å². The molecular weight excluding hydrogens is 163 g/mol. The summed E-state index contributed by atoms with van der Waals surface area (Å²) in [7, 11) is -0.240. The molecule has 64 valence electrons. The molecule has 0 saturated carbocycles. The molecule has 11 heavy (non-hydrogen) atoms. The number of hydrogen-bond donors (Lipinski definition) is 0. The van der Waals surface area contributed by atoms with E-state index in [1.54, 1.807) is 12.9 Å². The van der Waals surface area contributed by atoms with E-state index in [0.29, 0.717) is 6.54 Å². The molecule has 5 heteroatoms. The molecular formula is C6H13N2O2P. The van der Waals surface area contributed by atoms with Crippen LogP contribution in [0.15, 0.2) is 0 Å². The van der Waals surface area contributed by atoms with Crippen molar-refractivity contribution in [2.24, 2.45) is 0 Å². The van der Waals surface area contributed by atoms with Crippen molar-refractivity contribution in [3.05, 3.63) is 0 Å². The van der Waals surface area contributed by atoms with Crippen LogP contribution in [0.25, 0.3) is 0 Å². The fraction of sp³-hybridized carbons (Fsp3) is 0.833. The molecule has 0 amide bonds. The molecule has 1 unspecified atom stereocenters. The summed E-state index contributed by atoms with van der Waals surface area (Å²) >= 11 is 0. The molecule has 0 aromatic heterocycles. The Bertz CT molecular complexity index is 199. The summed E-state index contributed by atoms with van der Waals surface area (Å²) in [5.41, 5.74) is 0. The van der Waals surface area contributed by atoms with Gasteiger partial charge in [-0.15, -0.1) is 0 Å². The lowest BCUT2D eigenvalue weighted by Crippen LogP contribution is -2.15. The summed E-state index contributed by atoms with van der Waals surface area (Å²) in [5.74, 6) is 1.67. The van der Waals surface area contributed by atoms with Crippen LogP contribution in [0, 0.1) is 11.1 Å². The molecule has 0 N–H and O–H groups in total. The average Bonchev–Trinajstić information content (AvgIpc) is 2.03. The van der Waals surface area contributed by atoms with E-state index in [2.05, 4.69) is 4.52 Å². The maximum absolute atomic E-state index is 11.4. The van der Waals surface area contributed by atoms with E-state index in [1.807, 2.05) is 6.92 Å². The Balaban J connectivity index is 4.29. The number of nitriles is 1. The summed E-state index contributed by atoms with van der Waals surface area (Å²) < 4.78 is 17.5. The molecule has 0 aliphatic heterocycles. The van der Waals surface area contributed by atoms with Crippen LogP contribution in [0.3, 0.4) is 0 Å². The van der Waals surface area contributed by atoms with Gasteiger partial charge in [0.1, 0.15) is 0 Å². The molecule has 0 aromatic carbocycles. The van der Waals surface area contributed by atoms with Gasteiger partial charge in [-0.3, -0.25) is 4.57 Å². The van der Waals surface area contributed by atoms with Gasteiger partial charge in [-0.1, -0.05) is 6.92 Å². The fourth-order valence-corrected chi connectivity index (χ4v) is 1.69. The summed E-state index contributed by atoms with van der Waals surface area (Å²) in [6.45, 7) is 2.56. The normalized spacial score (nSPS) is 15.9. The van der Waals surface area contributed by atoms with Crippen molar-refractivity contribution >= 4 is 7.52 Å². The number of nitrogens with zero attached hydrogens (tertiary/aromatic N) is 2. The van der Waals surface area contributed by atoms with Gasteiger partial charge in [0.05, 0.1) is 0 Å². The smallest absolute Gasteiger partial charge is 0.310 e. The lowest BCUT2D eigenvalue weighted by atomic mass is 10.5. The summed E-state index contributed by atoms with van der Waals surface area (Å²) in [5, 5.41) is 8.50. The zero-order valence-electron chi connectivity index (χ0n) is 7.07. The van der Waals surface area contributed by atoms with Crippen molar-refractivity contribution in [2.45, 2.75) is 13.3 Å². The van der Waals surface area contributed by atoms with E-state index in [-0.39, 0.29) is 0 Å². The van der Waals surface area contributed by atoms with Crippen molar-refractivity contribution in [1.29, 1.82) is 5.26 Å². The Morgan fingerprint density at radius 2 is 2.27 bits per heavy atom. The van der Waals surface area contributed by atoms with E-state index in [9.17, 15) is 4.57 Å². The fourth-order valence-electron chi connectivity index (χ4n) is 0.712. The molecule has 0 bridgehead atoms.